The van der Waals surface area contributed by atoms with Gasteiger partial charge in [-0.15, -0.1) is 10.1 Å². The van der Waals surface area contributed by atoms with Gasteiger partial charge in [-0.1, -0.05) is 12.1 Å². The summed E-state index contributed by atoms with van der Waals surface area (Å²) in [5, 5.41) is 21.8. The van der Waals surface area contributed by atoms with E-state index in [1.165, 1.54) is 30.3 Å². The number of aromatic hydroxyl groups is 1. The molecule has 5 amide bonds. The molecule has 2 aliphatic heterocycles. The van der Waals surface area contributed by atoms with Gasteiger partial charge in [-0.25, -0.2) is 9.59 Å². The van der Waals surface area contributed by atoms with E-state index in [-0.39, 0.29) is 52.8 Å². The van der Waals surface area contributed by atoms with Crippen molar-refractivity contribution in [1.82, 2.24) is 10.1 Å². The zero-order valence-electron chi connectivity index (χ0n) is 20.4. The molecule has 0 atom stereocenters. The molecule has 2 aromatic carbocycles. The number of nitrogens with one attached hydrogen (secondary N) is 1. The molecule has 0 saturated carbocycles. The van der Waals surface area contributed by atoms with Crippen molar-refractivity contribution >= 4 is 53.2 Å². The molecule has 202 valence electrons. The van der Waals surface area contributed by atoms with Gasteiger partial charge in [0.2, 0.25) is 0 Å². The zero-order chi connectivity index (χ0) is 29.0. The Balaban J connectivity index is 1.64. The Hall–Kier alpha value is -5.84. The van der Waals surface area contributed by atoms with Gasteiger partial charge in [-0.05, 0) is 42.0 Å². The molecule has 0 radical (unpaired) electrons. The third-order valence-electron chi connectivity index (χ3n) is 5.59. The number of amides is 5. The fourth-order valence-corrected chi connectivity index (χ4v) is 3.61. The van der Waals surface area contributed by atoms with Gasteiger partial charge in [0.05, 0.1) is 11.1 Å². The molecular weight excluding hydrogens is 528 g/mol. The molecule has 40 heavy (non-hydrogen) atoms. The maximum Gasteiger partial charge on any atom is 0.364 e. The lowest BCUT2D eigenvalue weighted by Crippen LogP contribution is -2.33. The Bertz CT molecular complexity index is 1440. The van der Waals surface area contributed by atoms with Crippen molar-refractivity contribution in [1.29, 1.82) is 5.26 Å². The predicted molar refractivity (Wildman–Crippen MR) is 130 cm³/mol. The van der Waals surface area contributed by atoms with Crippen LogP contribution in [0.3, 0.4) is 0 Å². The zero-order valence-corrected chi connectivity index (χ0v) is 20.4. The second kappa shape index (κ2) is 11.3. The molecule has 4 rings (SSSR count). The summed E-state index contributed by atoms with van der Waals surface area (Å²) in [6.45, 7) is 0. The number of hydrogen-bond acceptors (Lipinski definition) is 11. The molecule has 2 N–H and O–H groups in total. The highest BCUT2D eigenvalue weighted by molar-refractivity contribution is 6.11. The summed E-state index contributed by atoms with van der Waals surface area (Å²) < 4.78 is 0. The quantitative estimate of drug-likeness (QED) is 0.289. The summed E-state index contributed by atoms with van der Waals surface area (Å²) in [6, 6.07) is 10.3. The number of hydrogen-bond donors (Lipinski definition) is 2. The number of nitrogens with zero attached hydrogens (tertiary/aromatic N) is 3. The standard InChI is InChI=1S/C26H18N4O10/c27-13-17(9-14-1-3-19(31)4-2-14)24(36)28-18-11-15(25(37)39-29-20(32)5-6-21(29)33)10-16(12-18)26(38)40-30-22(34)7-8-23(30)35/h1-4,9-12,31H,5-8H2,(H,28,36)/b17-9+. The van der Waals surface area contributed by atoms with Crippen molar-refractivity contribution in [3.05, 3.63) is 64.7 Å². The van der Waals surface area contributed by atoms with Gasteiger partial charge in [0.25, 0.3) is 29.5 Å². The number of anilines is 1. The molecule has 14 heteroatoms. The SMILES string of the molecule is N#C/C(=C\c1ccc(O)cc1)C(=O)Nc1cc(C(=O)ON2C(=O)CCC2=O)cc(C(=O)ON2C(=O)CCC2=O)c1. The van der Waals surface area contributed by atoms with Crippen LogP contribution in [0.5, 0.6) is 5.75 Å². The van der Waals surface area contributed by atoms with Gasteiger partial charge in [-0.3, -0.25) is 24.0 Å². The minimum atomic E-state index is -1.25. The summed E-state index contributed by atoms with van der Waals surface area (Å²) in [7, 11) is 0. The summed E-state index contributed by atoms with van der Waals surface area (Å²) in [5.41, 5.74) is -1.03. The average molecular weight is 546 g/mol. The molecule has 2 fully saturated rings. The molecule has 0 aliphatic carbocycles. The van der Waals surface area contributed by atoms with E-state index in [1.807, 2.05) is 0 Å². The number of carbonyl (C=O) groups is 7. The van der Waals surface area contributed by atoms with Crippen molar-refractivity contribution in [2.75, 3.05) is 5.32 Å². The molecule has 2 aliphatic rings. The fraction of sp³-hybridized carbons (Fsp3) is 0.154. The highest BCUT2D eigenvalue weighted by Gasteiger charge is 2.35. The second-order valence-corrected chi connectivity index (χ2v) is 8.44. The molecule has 0 bridgehead atoms. The van der Waals surface area contributed by atoms with Crippen LogP contribution in [0.4, 0.5) is 5.69 Å². The third-order valence-corrected chi connectivity index (χ3v) is 5.59. The molecule has 2 aromatic rings. The average Bonchev–Trinajstić information content (AvgIpc) is 3.42. The number of phenolic OH excluding ortho intramolecular Hbond substituents is 1. The Morgan fingerprint density at radius 3 is 1.68 bits per heavy atom. The molecular formula is C26H18N4O10. The van der Waals surface area contributed by atoms with E-state index in [2.05, 4.69) is 5.32 Å². The van der Waals surface area contributed by atoms with Crippen molar-refractivity contribution in [2.24, 2.45) is 0 Å². The van der Waals surface area contributed by atoms with E-state index in [0.29, 0.717) is 5.56 Å². The molecule has 2 heterocycles. The molecule has 14 nitrogen and oxygen atoms in total. The van der Waals surface area contributed by atoms with E-state index in [4.69, 9.17) is 9.68 Å². The first-order valence-electron chi connectivity index (χ1n) is 11.6. The Kier molecular flexibility index (Phi) is 7.67. The minimum absolute atomic E-state index is 0.0297. The second-order valence-electron chi connectivity index (χ2n) is 8.44. The maximum absolute atomic E-state index is 12.8. The maximum atomic E-state index is 12.8. The van der Waals surface area contributed by atoms with Gasteiger partial charge < -0.3 is 20.1 Å². The number of rotatable bonds is 7. The van der Waals surface area contributed by atoms with Crippen LogP contribution < -0.4 is 5.32 Å². The van der Waals surface area contributed by atoms with Crippen molar-refractivity contribution in [2.45, 2.75) is 25.7 Å². The van der Waals surface area contributed by atoms with Crippen LogP contribution in [0.1, 0.15) is 52.0 Å². The van der Waals surface area contributed by atoms with Gasteiger partial charge >= 0.3 is 11.9 Å². The van der Waals surface area contributed by atoms with E-state index in [0.717, 1.165) is 18.2 Å². The van der Waals surface area contributed by atoms with Crippen LogP contribution in [-0.4, -0.2) is 56.7 Å². The Morgan fingerprint density at radius 1 is 0.800 bits per heavy atom. The molecule has 0 aromatic heterocycles. The van der Waals surface area contributed by atoms with Crippen LogP contribution in [0, 0.1) is 11.3 Å². The third kappa shape index (κ3) is 6.00. The lowest BCUT2D eigenvalue weighted by molar-refractivity contribution is -0.173. The summed E-state index contributed by atoms with van der Waals surface area (Å²) in [5.74, 6) is -6.51. The monoisotopic (exact) mass is 546 g/mol. The van der Waals surface area contributed by atoms with E-state index in [9.17, 15) is 43.9 Å². The van der Waals surface area contributed by atoms with E-state index >= 15 is 0 Å². The normalized spacial score (nSPS) is 15.2. The molecule has 2 saturated heterocycles. The minimum Gasteiger partial charge on any atom is -0.508 e. The van der Waals surface area contributed by atoms with E-state index in [1.54, 1.807) is 6.07 Å². The summed E-state index contributed by atoms with van der Waals surface area (Å²) in [6.07, 6.45) is 0.561. The van der Waals surface area contributed by atoms with Gasteiger partial charge in [0.15, 0.2) is 0 Å². The first-order valence-corrected chi connectivity index (χ1v) is 11.6. The Morgan fingerprint density at radius 2 is 1.25 bits per heavy atom. The van der Waals surface area contributed by atoms with Crippen LogP contribution in [0.25, 0.3) is 6.08 Å². The van der Waals surface area contributed by atoms with Gasteiger partial charge in [0.1, 0.15) is 17.4 Å². The van der Waals surface area contributed by atoms with Crippen molar-refractivity contribution in [3.63, 3.8) is 0 Å². The number of benzene rings is 2. The number of carbonyl (C=O) groups excluding carboxylic acids is 7. The van der Waals surface area contributed by atoms with Crippen LogP contribution in [0.15, 0.2) is 48.0 Å². The van der Waals surface area contributed by atoms with Crippen LogP contribution in [-0.2, 0) is 33.6 Å². The van der Waals surface area contributed by atoms with Crippen LogP contribution in [0.2, 0.25) is 0 Å². The first kappa shape index (κ1) is 27.2. The van der Waals surface area contributed by atoms with Gasteiger partial charge in [0, 0.05) is 31.4 Å². The fourth-order valence-electron chi connectivity index (χ4n) is 3.61. The topological polar surface area (TPSA) is 200 Å². The lowest BCUT2D eigenvalue weighted by Gasteiger charge is -2.15. The van der Waals surface area contributed by atoms with Crippen molar-refractivity contribution in [3.8, 4) is 11.8 Å². The smallest absolute Gasteiger partial charge is 0.364 e. The first-order chi connectivity index (χ1) is 19.0. The largest absolute Gasteiger partial charge is 0.508 e. The number of imide groups is 2. The van der Waals surface area contributed by atoms with Crippen molar-refractivity contribution < 1.29 is 48.3 Å². The highest BCUT2D eigenvalue weighted by Crippen LogP contribution is 2.22. The van der Waals surface area contributed by atoms with E-state index < -0.39 is 52.6 Å². The van der Waals surface area contributed by atoms with Crippen LogP contribution >= 0.6 is 0 Å². The lowest BCUT2D eigenvalue weighted by atomic mass is 10.1. The number of phenols is 1. The molecule has 0 spiro atoms. The van der Waals surface area contributed by atoms with Gasteiger partial charge in [-0.2, -0.15) is 5.26 Å². The predicted octanol–water partition coefficient (Wildman–Crippen LogP) is 1.38. The number of hydroxylamine groups is 4. The number of nitriles is 1. The summed E-state index contributed by atoms with van der Waals surface area (Å²) in [4.78, 5) is 95.5. The Labute approximate surface area is 224 Å². The molecule has 0 unspecified atom stereocenters. The highest BCUT2D eigenvalue weighted by atomic mass is 16.7. The summed E-state index contributed by atoms with van der Waals surface area (Å²) >= 11 is 0.